The van der Waals surface area contributed by atoms with Crippen molar-refractivity contribution < 1.29 is 4.79 Å². The molecule has 2 N–H and O–H groups in total. The Morgan fingerprint density at radius 1 is 1.11 bits per heavy atom. The fourth-order valence-corrected chi connectivity index (χ4v) is 5.23. The Balaban J connectivity index is 1.46. The van der Waals surface area contributed by atoms with Crippen LogP contribution in [0.1, 0.15) is 55.1 Å². The second-order valence-electron chi connectivity index (χ2n) is 8.40. The van der Waals surface area contributed by atoms with Gasteiger partial charge in [0, 0.05) is 37.3 Å². The van der Waals surface area contributed by atoms with Gasteiger partial charge in [0.25, 0.3) is 0 Å². The van der Waals surface area contributed by atoms with Gasteiger partial charge in [0.05, 0.1) is 11.6 Å². The van der Waals surface area contributed by atoms with E-state index in [1.165, 1.54) is 41.8 Å². The Labute approximate surface area is 160 Å². The molecular weight excluding hydrogens is 336 g/mol. The maximum atomic E-state index is 11.7. The van der Waals surface area contributed by atoms with Crippen LogP contribution in [0.3, 0.4) is 0 Å². The van der Waals surface area contributed by atoms with E-state index in [-0.39, 0.29) is 11.8 Å². The third-order valence-electron chi connectivity index (χ3n) is 6.68. The molecule has 3 aliphatic rings. The van der Waals surface area contributed by atoms with E-state index in [9.17, 15) is 4.79 Å². The summed E-state index contributed by atoms with van der Waals surface area (Å²) in [6.45, 7) is 2.97. The average Bonchev–Trinajstić information content (AvgIpc) is 3.29. The molecule has 1 fully saturated rings. The third-order valence-corrected chi connectivity index (χ3v) is 6.68. The largest absolute Gasteiger partial charge is 0.369 e. The van der Waals surface area contributed by atoms with Gasteiger partial charge in [-0.15, -0.1) is 0 Å². The first kappa shape index (κ1) is 17.0. The van der Waals surface area contributed by atoms with Crippen molar-refractivity contribution in [1.82, 2.24) is 14.5 Å². The summed E-state index contributed by atoms with van der Waals surface area (Å²) in [5, 5.41) is 0. The van der Waals surface area contributed by atoms with Gasteiger partial charge in [-0.05, 0) is 62.3 Å². The second kappa shape index (κ2) is 6.79. The summed E-state index contributed by atoms with van der Waals surface area (Å²) < 4.78 is 2.30. The fraction of sp³-hybridized carbons (Fsp3) is 0.545. The van der Waals surface area contributed by atoms with Crippen LogP contribution in [0, 0.1) is 5.92 Å². The van der Waals surface area contributed by atoms with E-state index < -0.39 is 0 Å². The molecule has 1 aliphatic carbocycles. The molecule has 5 heteroatoms. The minimum Gasteiger partial charge on any atom is -0.369 e. The molecule has 142 valence electrons. The molecule has 27 heavy (non-hydrogen) atoms. The van der Waals surface area contributed by atoms with E-state index in [1.807, 2.05) is 0 Å². The molecule has 5 nitrogen and oxygen atoms in total. The van der Waals surface area contributed by atoms with Crippen molar-refractivity contribution in [1.29, 1.82) is 0 Å². The van der Waals surface area contributed by atoms with E-state index in [0.717, 1.165) is 51.0 Å². The highest BCUT2D eigenvalue weighted by atomic mass is 16.1. The highest BCUT2D eigenvalue weighted by Gasteiger charge is 2.32. The van der Waals surface area contributed by atoms with Crippen LogP contribution in [0.2, 0.25) is 0 Å². The first-order chi connectivity index (χ1) is 13.2. The van der Waals surface area contributed by atoms with Gasteiger partial charge >= 0.3 is 0 Å². The van der Waals surface area contributed by atoms with Crippen molar-refractivity contribution >= 4 is 5.91 Å². The van der Waals surface area contributed by atoms with Crippen LogP contribution in [0.5, 0.6) is 0 Å². The summed E-state index contributed by atoms with van der Waals surface area (Å²) >= 11 is 0. The average molecular weight is 364 g/mol. The predicted octanol–water partition coefficient (Wildman–Crippen LogP) is 3.07. The topological polar surface area (TPSA) is 64.2 Å². The molecule has 1 amide bonds. The van der Waals surface area contributed by atoms with E-state index >= 15 is 0 Å². The SMILES string of the molecule is NC(=O)C1CCCN([C@@H]2CCCc3ccc(-c4cn5c(n4)CCC5)cc32)C1. The van der Waals surface area contributed by atoms with Crippen molar-refractivity contribution in [3.05, 3.63) is 41.3 Å². The van der Waals surface area contributed by atoms with Gasteiger partial charge in [-0.25, -0.2) is 4.98 Å². The van der Waals surface area contributed by atoms with E-state index in [0.29, 0.717) is 6.04 Å². The summed E-state index contributed by atoms with van der Waals surface area (Å²) in [6, 6.07) is 7.31. The Bertz CT molecular complexity index is 850. The van der Waals surface area contributed by atoms with E-state index in [2.05, 4.69) is 33.9 Å². The van der Waals surface area contributed by atoms with Crippen LogP contribution in [0.15, 0.2) is 24.4 Å². The number of hydrogen-bond acceptors (Lipinski definition) is 3. The molecule has 0 saturated carbocycles. The molecule has 3 heterocycles. The summed E-state index contributed by atoms with van der Waals surface area (Å²) in [6.07, 6.45) is 10.1. The van der Waals surface area contributed by atoms with E-state index in [4.69, 9.17) is 10.7 Å². The van der Waals surface area contributed by atoms with Gasteiger partial charge in [-0.1, -0.05) is 12.1 Å². The molecule has 1 unspecified atom stereocenters. The molecular formula is C22H28N4O. The number of rotatable bonds is 3. The summed E-state index contributed by atoms with van der Waals surface area (Å²) in [4.78, 5) is 19.1. The molecule has 1 aromatic heterocycles. The highest BCUT2D eigenvalue weighted by molar-refractivity contribution is 5.77. The second-order valence-corrected chi connectivity index (χ2v) is 8.40. The lowest BCUT2D eigenvalue weighted by molar-refractivity contribution is -0.123. The molecule has 0 bridgehead atoms. The number of piperidine rings is 1. The number of nitrogens with two attached hydrogens (primary N) is 1. The van der Waals surface area contributed by atoms with Crippen LogP contribution in [0.25, 0.3) is 11.3 Å². The first-order valence-electron chi connectivity index (χ1n) is 10.4. The number of nitrogens with zero attached hydrogens (tertiary/aromatic N) is 3. The Morgan fingerprint density at radius 2 is 2.04 bits per heavy atom. The zero-order valence-corrected chi connectivity index (χ0v) is 15.9. The number of carbonyl (C=O) groups excluding carboxylic acids is 1. The zero-order chi connectivity index (χ0) is 18.4. The number of aromatic nitrogens is 2. The van der Waals surface area contributed by atoms with Crippen molar-refractivity contribution in [2.75, 3.05) is 13.1 Å². The minimum absolute atomic E-state index is 0.00317. The van der Waals surface area contributed by atoms with Crippen molar-refractivity contribution in [3.63, 3.8) is 0 Å². The van der Waals surface area contributed by atoms with Crippen LogP contribution in [-0.2, 0) is 24.2 Å². The number of amides is 1. The number of carbonyl (C=O) groups is 1. The normalized spacial score (nSPS) is 25.2. The molecule has 5 rings (SSSR count). The fourth-order valence-electron chi connectivity index (χ4n) is 5.23. The number of benzene rings is 1. The van der Waals surface area contributed by atoms with Crippen LogP contribution in [-0.4, -0.2) is 33.4 Å². The monoisotopic (exact) mass is 364 g/mol. The number of aryl methyl sites for hydroxylation is 3. The number of imidazole rings is 1. The van der Waals surface area contributed by atoms with Crippen LogP contribution < -0.4 is 5.73 Å². The number of primary amides is 1. The molecule has 0 spiro atoms. The number of likely N-dealkylation sites (tertiary alicyclic amines) is 1. The standard InChI is InChI=1S/C22H28N4O/c23-22(27)17-5-2-10-25(13-17)20-6-1-4-15-8-9-16(12-18(15)20)19-14-26-11-3-7-21(26)24-19/h8-9,12,14,17,20H,1-7,10-11,13H2,(H2,23,27)/t17?,20-/m1/s1. The number of hydrogen-bond donors (Lipinski definition) is 1. The quantitative estimate of drug-likeness (QED) is 0.910. The maximum absolute atomic E-state index is 11.7. The first-order valence-corrected chi connectivity index (χ1v) is 10.4. The predicted molar refractivity (Wildman–Crippen MR) is 105 cm³/mol. The zero-order valence-electron chi connectivity index (χ0n) is 15.9. The Morgan fingerprint density at radius 3 is 2.89 bits per heavy atom. The molecule has 1 aromatic carbocycles. The molecule has 2 aromatic rings. The maximum Gasteiger partial charge on any atom is 0.221 e. The molecule has 0 radical (unpaired) electrons. The third kappa shape index (κ3) is 3.08. The van der Waals surface area contributed by atoms with Crippen LogP contribution >= 0.6 is 0 Å². The Hall–Kier alpha value is -2.14. The van der Waals surface area contributed by atoms with Gasteiger partial charge in [0.1, 0.15) is 5.82 Å². The van der Waals surface area contributed by atoms with Gasteiger partial charge in [-0.2, -0.15) is 0 Å². The van der Waals surface area contributed by atoms with Crippen LogP contribution in [0.4, 0.5) is 0 Å². The van der Waals surface area contributed by atoms with Crippen molar-refractivity contribution in [3.8, 4) is 11.3 Å². The Kier molecular flexibility index (Phi) is 4.27. The van der Waals surface area contributed by atoms with Crippen molar-refractivity contribution in [2.24, 2.45) is 11.7 Å². The number of fused-ring (bicyclic) bond motifs is 2. The summed E-state index contributed by atoms with van der Waals surface area (Å²) in [5.74, 6) is 1.08. The van der Waals surface area contributed by atoms with Gasteiger partial charge in [-0.3, -0.25) is 9.69 Å². The lowest BCUT2D eigenvalue weighted by atomic mass is 9.83. The van der Waals surface area contributed by atoms with E-state index in [1.54, 1.807) is 0 Å². The molecule has 1 saturated heterocycles. The minimum atomic E-state index is -0.142. The molecule has 2 atom stereocenters. The molecule has 2 aliphatic heterocycles. The lowest BCUT2D eigenvalue weighted by Gasteiger charge is -2.40. The summed E-state index contributed by atoms with van der Waals surface area (Å²) in [5.41, 5.74) is 10.8. The van der Waals surface area contributed by atoms with Gasteiger partial charge < -0.3 is 10.3 Å². The summed E-state index contributed by atoms with van der Waals surface area (Å²) in [7, 11) is 0. The lowest BCUT2D eigenvalue weighted by Crippen LogP contribution is -2.43. The van der Waals surface area contributed by atoms with Gasteiger partial charge in [0.2, 0.25) is 5.91 Å². The highest BCUT2D eigenvalue weighted by Crippen LogP contribution is 2.38. The van der Waals surface area contributed by atoms with Crippen molar-refractivity contribution in [2.45, 2.75) is 57.5 Å². The smallest absolute Gasteiger partial charge is 0.221 e. The van der Waals surface area contributed by atoms with Gasteiger partial charge in [0.15, 0.2) is 0 Å².